The van der Waals surface area contributed by atoms with Crippen molar-refractivity contribution in [3.63, 3.8) is 0 Å². The number of terminal acetylenes is 1. The number of fused-ring (bicyclic) bond motifs is 2. The molecular weight excluding hydrogens is 316 g/mol. The molecule has 4 rings (SSSR count). The van der Waals surface area contributed by atoms with Gasteiger partial charge in [0.1, 0.15) is 0 Å². The maximum Gasteiger partial charge on any atom is 0.236 e. The molecule has 1 aromatic rings. The highest BCUT2D eigenvalue weighted by Gasteiger charge is 2.52. The molecule has 0 bridgehead atoms. The molecule has 0 saturated carbocycles. The number of nitrogens with zero attached hydrogens (tertiary/aromatic N) is 3. The molecule has 3 aliphatic heterocycles. The van der Waals surface area contributed by atoms with Gasteiger partial charge in [-0.1, -0.05) is 18.2 Å². The number of rotatable bonds is 5. The van der Waals surface area contributed by atoms with Crippen LogP contribution in [0.15, 0.2) is 34.5 Å². The molecule has 6 nitrogen and oxygen atoms in total. The average molecular weight is 336 g/mol. The fraction of sp³-hybridized carbons (Fsp3) is 0.474. The number of anilines is 1. The monoisotopic (exact) mass is 336 g/mol. The Morgan fingerprint density at radius 2 is 2.12 bits per heavy atom. The zero-order chi connectivity index (χ0) is 17.5. The van der Waals surface area contributed by atoms with Gasteiger partial charge in [-0.15, -0.1) is 12.3 Å². The molecule has 3 aliphatic rings. The Bertz CT molecular complexity index is 804. The molecule has 128 valence electrons. The van der Waals surface area contributed by atoms with Gasteiger partial charge in [-0.05, 0) is 18.1 Å². The zero-order valence-corrected chi connectivity index (χ0v) is 14.0. The number of para-hydroxylation sites is 1. The van der Waals surface area contributed by atoms with E-state index in [1.807, 2.05) is 24.3 Å². The van der Waals surface area contributed by atoms with Gasteiger partial charge in [0.25, 0.3) is 0 Å². The quantitative estimate of drug-likeness (QED) is 0.839. The molecule has 3 heterocycles. The van der Waals surface area contributed by atoms with Crippen LogP contribution in [0.1, 0.15) is 37.7 Å². The minimum absolute atomic E-state index is 0.00156. The highest BCUT2D eigenvalue weighted by molar-refractivity contribution is 6.07. The summed E-state index contributed by atoms with van der Waals surface area (Å²) in [4.78, 5) is 27.0. The summed E-state index contributed by atoms with van der Waals surface area (Å²) in [6.07, 6.45) is 8.26. The lowest BCUT2D eigenvalue weighted by molar-refractivity contribution is -0.130. The van der Waals surface area contributed by atoms with E-state index in [2.05, 4.69) is 21.5 Å². The van der Waals surface area contributed by atoms with Crippen LogP contribution in [0.25, 0.3) is 0 Å². The molecule has 0 aliphatic carbocycles. The summed E-state index contributed by atoms with van der Waals surface area (Å²) in [7, 11) is 0. The third-order valence-electron chi connectivity index (χ3n) is 5.54. The topological polar surface area (TPSA) is 74.1 Å². The molecule has 25 heavy (non-hydrogen) atoms. The number of hydrogen-bond donors (Lipinski definition) is 1. The summed E-state index contributed by atoms with van der Waals surface area (Å²) in [6.45, 7) is 1.05. The Labute approximate surface area is 146 Å². The first-order valence-corrected chi connectivity index (χ1v) is 8.65. The van der Waals surface area contributed by atoms with Crippen LogP contribution in [0.4, 0.5) is 5.69 Å². The third-order valence-corrected chi connectivity index (χ3v) is 5.54. The van der Waals surface area contributed by atoms with E-state index in [1.54, 1.807) is 4.90 Å². The van der Waals surface area contributed by atoms with E-state index in [-0.39, 0.29) is 11.8 Å². The molecule has 1 spiro atoms. The van der Waals surface area contributed by atoms with Crippen molar-refractivity contribution in [2.24, 2.45) is 10.2 Å². The van der Waals surface area contributed by atoms with Crippen molar-refractivity contribution in [2.75, 3.05) is 18.4 Å². The minimum atomic E-state index is -0.595. The summed E-state index contributed by atoms with van der Waals surface area (Å²) in [5, 5.41) is 11.1. The van der Waals surface area contributed by atoms with Gasteiger partial charge in [0.05, 0.1) is 5.41 Å². The maximum absolute atomic E-state index is 12.6. The first-order valence-electron chi connectivity index (χ1n) is 8.65. The average Bonchev–Trinajstić information content (AvgIpc) is 3.16. The van der Waals surface area contributed by atoms with Gasteiger partial charge in [0.15, 0.2) is 5.66 Å². The van der Waals surface area contributed by atoms with Crippen molar-refractivity contribution in [1.29, 1.82) is 0 Å². The fourth-order valence-electron chi connectivity index (χ4n) is 3.93. The number of carbonyl (C=O) groups excluding carboxylic acids is 2. The minimum Gasteiger partial charge on any atom is -0.341 e. The Kier molecular flexibility index (Phi) is 3.60. The number of amides is 2. The number of hydrogen-bond acceptors (Lipinski definition) is 4. The van der Waals surface area contributed by atoms with Crippen LogP contribution < -0.4 is 5.32 Å². The van der Waals surface area contributed by atoms with Crippen molar-refractivity contribution < 1.29 is 9.59 Å². The van der Waals surface area contributed by atoms with Gasteiger partial charge in [-0.3, -0.25) is 9.59 Å². The normalized spacial score (nSPS) is 24.9. The summed E-state index contributed by atoms with van der Waals surface area (Å²) < 4.78 is 0. The molecule has 0 aromatic heterocycles. The molecule has 6 heteroatoms. The fourth-order valence-corrected chi connectivity index (χ4v) is 3.93. The van der Waals surface area contributed by atoms with Crippen molar-refractivity contribution in [3.05, 3.63) is 29.8 Å². The van der Waals surface area contributed by atoms with Crippen LogP contribution >= 0.6 is 0 Å². The Morgan fingerprint density at radius 1 is 1.32 bits per heavy atom. The third kappa shape index (κ3) is 2.60. The first-order chi connectivity index (χ1) is 12.1. The van der Waals surface area contributed by atoms with Gasteiger partial charge in [0.2, 0.25) is 11.8 Å². The van der Waals surface area contributed by atoms with Gasteiger partial charge < -0.3 is 10.2 Å². The van der Waals surface area contributed by atoms with E-state index in [4.69, 9.17) is 6.42 Å². The van der Waals surface area contributed by atoms with Gasteiger partial charge in [0, 0.05) is 44.5 Å². The highest BCUT2D eigenvalue weighted by atomic mass is 16.2. The van der Waals surface area contributed by atoms with Crippen LogP contribution in [0.2, 0.25) is 0 Å². The van der Waals surface area contributed by atoms with Gasteiger partial charge in [-0.25, -0.2) is 0 Å². The number of likely N-dealkylation sites (tertiary alicyclic amines) is 1. The second-order valence-corrected chi connectivity index (χ2v) is 7.03. The molecule has 0 radical (unpaired) electrons. The number of nitrogens with one attached hydrogen (secondary N) is 1. The summed E-state index contributed by atoms with van der Waals surface area (Å²) in [6, 6.07) is 7.75. The van der Waals surface area contributed by atoms with Crippen LogP contribution in [-0.4, -0.2) is 35.5 Å². The second-order valence-electron chi connectivity index (χ2n) is 7.03. The molecule has 1 atom stereocenters. The predicted octanol–water partition coefficient (Wildman–Crippen LogP) is 2.46. The van der Waals surface area contributed by atoms with E-state index in [0.717, 1.165) is 11.3 Å². The Balaban J connectivity index is 1.40. The lowest BCUT2D eigenvalue weighted by Crippen LogP contribution is -2.39. The first kappa shape index (κ1) is 15.8. The smallest absolute Gasteiger partial charge is 0.236 e. The molecule has 0 unspecified atom stereocenters. The van der Waals surface area contributed by atoms with Crippen molar-refractivity contribution in [2.45, 2.75) is 43.2 Å². The lowest BCUT2D eigenvalue weighted by atomic mass is 9.81. The summed E-state index contributed by atoms with van der Waals surface area (Å²) >= 11 is 0. The van der Waals surface area contributed by atoms with Crippen molar-refractivity contribution in [3.8, 4) is 12.3 Å². The number of carbonyl (C=O) groups is 2. The standard InChI is InChI=1S/C19H20N4O2/c1-2-3-9-19(21-22-19)10-8-16(24)23-12-11-18(13-23)14-6-4-5-7-15(14)20-17(18)25/h1,4-7H,3,8-13H2,(H,20,25)/t18-/m0/s1. The van der Waals surface area contributed by atoms with Crippen LogP contribution in [-0.2, 0) is 15.0 Å². The molecule has 1 saturated heterocycles. The van der Waals surface area contributed by atoms with E-state index < -0.39 is 11.1 Å². The molecular formula is C19H20N4O2. The Hall–Kier alpha value is -2.68. The molecule has 1 N–H and O–H groups in total. The van der Waals surface area contributed by atoms with E-state index in [1.165, 1.54) is 0 Å². The molecule has 1 aromatic carbocycles. The highest BCUT2D eigenvalue weighted by Crippen LogP contribution is 2.44. The van der Waals surface area contributed by atoms with Crippen LogP contribution in [0.5, 0.6) is 0 Å². The maximum atomic E-state index is 12.6. The largest absolute Gasteiger partial charge is 0.341 e. The zero-order valence-electron chi connectivity index (χ0n) is 14.0. The second kappa shape index (κ2) is 5.69. The van der Waals surface area contributed by atoms with E-state index in [0.29, 0.717) is 45.2 Å². The van der Waals surface area contributed by atoms with Crippen LogP contribution in [0.3, 0.4) is 0 Å². The predicted molar refractivity (Wildman–Crippen MR) is 92.8 cm³/mol. The van der Waals surface area contributed by atoms with Gasteiger partial charge in [-0.2, -0.15) is 10.2 Å². The van der Waals surface area contributed by atoms with Gasteiger partial charge >= 0.3 is 0 Å². The van der Waals surface area contributed by atoms with Crippen molar-refractivity contribution in [1.82, 2.24) is 4.90 Å². The Morgan fingerprint density at radius 3 is 2.88 bits per heavy atom. The van der Waals surface area contributed by atoms with E-state index in [9.17, 15) is 9.59 Å². The molecule has 2 amide bonds. The van der Waals surface area contributed by atoms with E-state index >= 15 is 0 Å². The lowest BCUT2D eigenvalue weighted by Gasteiger charge is -2.23. The summed E-state index contributed by atoms with van der Waals surface area (Å²) in [5.74, 6) is 2.66. The van der Waals surface area contributed by atoms with Crippen molar-refractivity contribution >= 4 is 17.5 Å². The summed E-state index contributed by atoms with van der Waals surface area (Å²) in [5.41, 5.74) is 0.844. The number of benzene rings is 1. The molecule has 1 fully saturated rings. The van der Waals surface area contributed by atoms with Crippen LogP contribution in [0, 0.1) is 12.3 Å². The SMILES string of the molecule is C#CCCC1(CCC(=O)N2CC[C@@]3(C2)C(=O)Nc2ccccc23)N=N1.